The van der Waals surface area contributed by atoms with Gasteiger partial charge in [-0.15, -0.1) is 11.6 Å². The lowest BCUT2D eigenvalue weighted by Gasteiger charge is -2.18. The predicted molar refractivity (Wildman–Crippen MR) is 74.6 cm³/mol. The van der Waals surface area contributed by atoms with Crippen LogP contribution in [-0.4, -0.2) is 42.9 Å². The minimum Gasteiger partial charge on any atom is -0.450 e. The van der Waals surface area contributed by atoms with Crippen molar-refractivity contribution in [2.45, 2.75) is 38.6 Å². The first-order valence-electron chi connectivity index (χ1n) is 6.88. The third kappa shape index (κ3) is 5.36. The minimum atomic E-state index is -0.768. The summed E-state index contributed by atoms with van der Waals surface area (Å²) in [6, 6.07) is -0.768. The molecule has 1 aliphatic heterocycles. The molecule has 0 aliphatic carbocycles. The van der Waals surface area contributed by atoms with Gasteiger partial charge in [-0.3, -0.25) is 9.59 Å². The van der Waals surface area contributed by atoms with Gasteiger partial charge in [0.15, 0.2) is 5.78 Å². The molecule has 114 valence electrons. The van der Waals surface area contributed by atoms with Crippen LogP contribution in [0.4, 0.5) is 4.79 Å². The normalized spacial score (nSPS) is 19.3. The first-order valence-corrected chi connectivity index (χ1v) is 7.41. The van der Waals surface area contributed by atoms with Gasteiger partial charge in [-0.1, -0.05) is 13.3 Å². The highest BCUT2D eigenvalue weighted by molar-refractivity contribution is 6.28. The van der Waals surface area contributed by atoms with E-state index in [2.05, 4.69) is 10.6 Å². The third-order valence-corrected chi connectivity index (χ3v) is 3.49. The van der Waals surface area contributed by atoms with Crippen LogP contribution in [0.5, 0.6) is 0 Å². The molecule has 7 heteroatoms. The number of ether oxygens (including phenoxy) is 1. The van der Waals surface area contributed by atoms with Gasteiger partial charge in [0, 0.05) is 12.5 Å². The molecule has 0 aromatic heterocycles. The summed E-state index contributed by atoms with van der Waals surface area (Å²) in [4.78, 5) is 34.8. The van der Waals surface area contributed by atoms with E-state index >= 15 is 0 Å². The number of ketones is 1. The third-order valence-electron chi connectivity index (χ3n) is 3.23. The van der Waals surface area contributed by atoms with Gasteiger partial charge in [0.05, 0.1) is 18.5 Å². The number of alkyl carbamates (subject to hydrolysis) is 1. The molecule has 1 rings (SSSR count). The van der Waals surface area contributed by atoms with Crippen LogP contribution in [0.3, 0.4) is 0 Å². The molecule has 0 bridgehead atoms. The molecule has 2 atom stereocenters. The molecule has 1 saturated heterocycles. The van der Waals surface area contributed by atoms with Crippen molar-refractivity contribution < 1.29 is 19.1 Å². The summed E-state index contributed by atoms with van der Waals surface area (Å²) >= 11 is 5.54. The maximum Gasteiger partial charge on any atom is 0.407 e. The largest absolute Gasteiger partial charge is 0.450 e. The SMILES string of the molecule is CCCCOC(=O)N[C@@H](C[C@@H]1CCNC1=O)C(=O)CCl. The molecule has 1 aliphatic rings. The van der Waals surface area contributed by atoms with Gasteiger partial charge in [-0.05, 0) is 19.3 Å². The average molecular weight is 305 g/mol. The van der Waals surface area contributed by atoms with Gasteiger partial charge in [0.2, 0.25) is 5.91 Å². The Morgan fingerprint density at radius 1 is 1.55 bits per heavy atom. The molecule has 20 heavy (non-hydrogen) atoms. The topological polar surface area (TPSA) is 84.5 Å². The molecule has 0 spiro atoms. The number of Topliss-reactive ketones (excluding diaryl/α,β-unsaturated/α-hetero) is 1. The number of unbranched alkanes of at least 4 members (excludes halogenated alkanes) is 1. The van der Waals surface area contributed by atoms with E-state index in [0.29, 0.717) is 19.6 Å². The van der Waals surface area contributed by atoms with Crippen LogP contribution in [0.15, 0.2) is 0 Å². The average Bonchev–Trinajstić information content (AvgIpc) is 2.83. The van der Waals surface area contributed by atoms with Crippen LogP contribution in [0.2, 0.25) is 0 Å². The molecule has 0 aromatic rings. The number of hydrogen-bond acceptors (Lipinski definition) is 4. The summed E-state index contributed by atoms with van der Waals surface area (Å²) in [6.07, 6.45) is 1.98. The van der Waals surface area contributed by atoms with E-state index in [1.807, 2.05) is 6.92 Å². The molecular formula is C13H21ClN2O4. The smallest absolute Gasteiger partial charge is 0.407 e. The Hall–Kier alpha value is -1.30. The second-order valence-corrected chi connectivity index (χ2v) is 5.07. The summed E-state index contributed by atoms with van der Waals surface area (Å²) in [5.41, 5.74) is 0. The molecule has 1 heterocycles. The first kappa shape index (κ1) is 16.8. The summed E-state index contributed by atoms with van der Waals surface area (Å²) in [6.45, 7) is 2.90. The summed E-state index contributed by atoms with van der Waals surface area (Å²) in [5.74, 6) is -0.853. The second kappa shape index (κ2) is 8.79. The number of alkyl halides is 1. The quantitative estimate of drug-likeness (QED) is 0.521. The van der Waals surface area contributed by atoms with Crippen molar-refractivity contribution >= 4 is 29.4 Å². The molecular weight excluding hydrogens is 284 g/mol. The zero-order valence-electron chi connectivity index (χ0n) is 11.6. The lowest BCUT2D eigenvalue weighted by atomic mass is 9.96. The lowest BCUT2D eigenvalue weighted by Crippen LogP contribution is -2.43. The Morgan fingerprint density at radius 3 is 2.85 bits per heavy atom. The highest BCUT2D eigenvalue weighted by Gasteiger charge is 2.31. The summed E-state index contributed by atoms with van der Waals surface area (Å²) in [7, 11) is 0. The van der Waals surface area contributed by atoms with Crippen LogP contribution in [0, 0.1) is 5.92 Å². The van der Waals surface area contributed by atoms with E-state index in [1.54, 1.807) is 0 Å². The molecule has 0 saturated carbocycles. The number of hydrogen-bond donors (Lipinski definition) is 2. The number of carbonyl (C=O) groups is 3. The summed E-state index contributed by atoms with van der Waals surface area (Å²) < 4.78 is 4.95. The molecule has 2 N–H and O–H groups in total. The van der Waals surface area contributed by atoms with Gasteiger partial charge in [-0.25, -0.2) is 4.79 Å². The molecule has 0 unspecified atom stereocenters. The van der Waals surface area contributed by atoms with Crippen LogP contribution in [0.1, 0.15) is 32.6 Å². The monoisotopic (exact) mass is 304 g/mol. The van der Waals surface area contributed by atoms with Gasteiger partial charge in [0.1, 0.15) is 0 Å². The summed E-state index contributed by atoms with van der Waals surface area (Å²) in [5, 5.41) is 5.20. The van der Waals surface area contributed by atoms with Crippen LogP contribution in [0.25, 0.3) is 0 Å². The zero-order valence-corrected chi connectivity index (χ0v) is 12.4. The van der Waals surface area contributed by atoms with Gasteiger partial charge >= 0.3 is 6.09 Å². The van der Waals surface area contributed by atoms with Crippen molar-refractivity contribution in [1.82, 2.24) is 10.6 Å². The Kier molecular flexibility index (Phi) is 7.36. The molecule has 0 aromatic carbocycles. The van der Waals surface area contributed by atoms with E-state index in [4.69, 9.17) is 16.3 Å². The van der Waals surface area contributed by atoms with Gasteiger partial charge in [-0.2, -0.15) is 0 Å². The van der Waals surface area contributed by atoms with Crippen molar-refractivity contribution in [1.29, 1.82) is 0 Å². The molecule has 1 fully saturated rings. The highest BCUT2D eigenvalue weighted by Crippen LogP contribution is 2.17. The van der Waals surface area contributed by atoms with Gasteiger partial charge in [0.25, 0.3) is 0 Å². The Morgan fingerprint density at radius 2 is 2.30 bits per heavy atom. The Labute approximate surface area is 123 Å². The van der Waals surface area contributed by atoms with Crippen molar-refractivity contribution in [2.24, 2.45) is 5.92 Å². The molecule has 6 nitrogen and oxygen atoms in total. The molecule has 0 radical (unpaired) electrons. The predicted octanol–water partition coefficient (Wildman–Crippen LogP) is 1.22. The highest BCUT2D eigenvalue weighted by atomic mass is 35.5. The number of nitrogens with one attached hydrogen (secondary N) is 2. The van der Waals surface area contributed by atoms with Crippen molar-refractivity contribution in [3.05, 3.63) is 0 Å². The van der Waals surface area contributed by atoms with E-state index in [-0.39, 0.29) is 29.9 Å². The van der Waals surface area contributed by atoms with E-state index in [0.717, 1.165) is 12.8 Å². The standard InChI is InChI=1S/C13H21ClN2O4/c1-2-3-6-20-13(19)16-10(11(17)8-14)7-9-4-5-15-12(9)18/h9-10H,2-8H2,1H3,(H,15,18)(H,16,19)/t9-,10-/m0/s1. The molecule has 2 amide bonds. The van der Waals surface area contributed by atoms with Crippen LogP contribution in [-0.2, 0) is 14.3 Å². The van der Waals surface area contributed by atoms with Crippen LogP contribution >= 0.6 is 11.6 Å². The first-order chi connectivity index (χ1) is 9.58. The van der Waals surface area contributed by atoms with E-state index in [1.165, 1.54) is 0 Å². The zero-order chi connectivity index (χ0) is 15.0. The fraction of sp³-hybridized carbons (Fsp3) is 0.769. The number of rotatable bonds is 8. The minimum absolute atomic E-state index is 0.0847. The van der Waals surface area contributed by atoms with Crippen molar-refractivity contribution in [3.63, 3.8) is 0 Å². The Balaban J connectivity index is 2.49. The number of halogens is 1. The second-order valence-electron chi connectivity index (χ2n) is 4.80. The van der Waals surface area contributed by atoms with Crippen molar-refractivity contribution in [2.75, 3.05) is 19.0 Å². The van der Waals surface area contributed by atoms with E-state index < -0.39 is 12.1 Å². The fourth-order valence-electron chi connectivity index (χ4n) is 2.01. The van der Waals surface area contributed by atoms with Gasteiger partial charge < -0.3 is 15.4 Å². The number of carbonyl (C=O) groups excluding carboxylic acids is 3. The lowest BCUT2D eigenvalue weighted by molar-refractivity contribution is -0.123. The maximum atomic E-state index is 11.7. The van der Waals surface area contributed by atoms with Crippen molar-refractivity contribution in [3.8, 4) is 0 Å². The maximum absolute atomic E-state index is 11.7. The Bertz CT molecular complexity index is 362. The number of amides is 2. The fourth-order valence-corrected chi connectivity index (χ4v) is 2.20. The van der Waals surface area contributed by atoms with Crippen LogP contribution < -0.4 is 10.6 Å². The van der Waals surface area contributed by atoms with E-state index in [9.17, 15) is 14.4 Å².